The van der Waals surface area contributed by atoms with Gasteiger partial charge in [0.25, 0.3) is 0 Å². The molecule has 0 aliphatic heterocycles. The summed E-state index contributed by atoms with van der Waals surface area (Å²) >= 11 is 0.668. The quantitative estimate of drug-likeness (QED) is 0.535. The number of hydrogen-bond acceptors (Lipinski definition) is 0. The van der Waals surface area contributed by atoms with E-state index < -0.39 is 32.3 Å². The van der Waals surface area contributed by atoms with Gasteiger partial charge in [-0.15, -0.1) is 8.05 Å². The standard InChI is InChI=1S/2C7H19Si2.Al/c2*1-8(2,3)7-9(4,5)6;/h2*7H,1-6H3;. The summed E-state index contributed by atoms with van der Waals surface area (Å²) in [5, 5.41) is 0. The summed E-state index contributed by atoms with van der Waals surface area (Å²) in [5.74, 6) is 0. The minimum absolute atomic E-state index is 0.668. The van der Waals surface area contributed by atoms with Crippen molar-refractivity contribution in [3.8, 4) is 0 Å². The summed E-state index contributed by atoms with van der Waals surface area (Å²) in [4.78, 5) is 0. The highest BCUT2D eigenvalue weighted by molar-refractivity contribution is 7.12. The molecule has 0 nitrogen and oxygen atoms in total. The third-order valence-electron chi connectivity index (χ3n) is 4.12. The third kappa shape index (κ3) is 6.80. The van der Waals surface area contributed by atoms with Crippen LogP contribution in [0.1, 0.15) is 0 Å². The van der Waals surface area contributed by atoms with Gasteiger partial charge in [0.2, 0.25) is 0 Å². The molecule has 5 heteroatoms. The maximum absolute atomic E-state index is 2.63. The van der Waals surface area contributed by atoms with Crippen LogP contribution < -0.4 is 0 Å². The highest BCUT2D eigenvalue weighted by atomic mass is 28.4. The van der Waals surface area contributed by atoms with Gasteiger partial charge in [0.15, 0.2) is 15.2 Å². The van der Waals surface area contributed by atoms with Gasteiger partial charge < -0.3 is 0 Å². The molecule has 0 bridgehead atoms. The van der Waals surface area contributed by atoms with E-state index in [1.807, 2.05) is 0 Å². The van der Waals surface area contributed by atoms with Crippen LogP contribution in [0.3, 0.4) is 0 Å². The summed E-state index contributed by atoms with van der Waals surface area (Å²) in [6.07, 6.45) is 0. The molecule has 0 saturated heterocycles. The molecule has 19 heavy (non-hydrogen) atoms. The second-order valence-corrected chi connectivity index (χ2v) is 37.6. The fourth-order valence-electron chi connectivity index (χ4n) is 3.95. The lowest BCUT2D eigenvalue weighted by Crippen LogP contribution is -2.55. The van der Waals surface area contributed by atoms with Crippen molar-refractivity contribution in [1.29, 1.82) is 0 Å². The second kappa shape index (κ2) is 6.26. The van der Waals surface area contributed by atoms with Gasteiger partial charge in [-0.25, -0.2) is 0 Å². The van der Waals surface area contributed by atoms with Gasteiger partial charge in [0.1, 0.15) is 0 Å². The van der Waals surface area contributed by atoms with Crippen LogP contribution >= 0.6 is 0 Å². The van der Waals surface area contributed by atoms with Crippen molar-refractivity contribution in [1.82, 2.24) is 0 Å². The van der Waals surface area contributed by atoms with Crippen LogP contribution in [-0.2, 0) is 0 Å². The lowest BCUT2D eigenvalue weighted by molar-refractivity contribution is 1.34. The van der Waals surface area contributed by atoms with E-state index in [0.717, 1.165) is 0 Å². The zero-order valence-corrected chi connectivity index (χ0v) is 20.9. The first-order valence-corrected chi connectivity index (χ1v) is 23.5. The van der Waals surface area contributed by atoms with Gasteiger partial charge >= 0.3 is 0 Å². The van der Waals surface area contributed by atoms with E-state index in [0.29, 0.717) is 15.2 Å². The predicted molar refractivity (Wildman–Crippen MR) is 107 cm³/mol. The normalized spacial score (nSPS) is 15.3. The fourth-order valence-corrected chi connectivity index (χ4v) is 39.0. The van der Waals surface area contributed by atoms with Crippen LogP contribution in [-0.4, -0.2) is 47.5 Å². The van der Waals surface area contributed by atoms with Crippen LogP contribution in [0.5, 0.6) is 0 Å². The molecule has 0 aromatic heterocycles. The molecular formula is C14H38AlSi4. The lowest BCUT2D eigenvalue weighted by atomic mass is 11.6. The van der Waals surface area contributed by atoms with E-state index in [-0.39, 0.29) is 0 Å². The minimum Gasteiger partial charge on any atom is -0.101 e. The molecule has 0 saturated carbocycles. The van der Waals surface area contributed by atoms with Crippen molar-refractivity contribution >= 4 is 47.5 Å². The lowest BCUT2D eigenvalue weighted by Gasteiger charge is -2.46. The van der Waals surface area contributed by atoms with Crippen LogP contribution in [0.15, 0.2) is 0 Å². The monoisotopic (exact) mass is 345 g/mol. The van der Waals surface area contributed by atoms with Gasteiger partial charge in [-0.2, -0.15) is 0 Å². The molecule has 0 aliphatic carbocycles. The Morgan fingerprint density at radius 1 is 0.421 bits per heavy atom. The number of rotatable bonds is 6. The van der Waals surface area contributed by atoms with Crippen molar-refractivity contribution in [2.75, 3.05) is 0 Å². The minimum atomic E-state index is -0.999. The molecule has 0 amide bonds. The van der Waals surface area contributed by atoms with Gasteiger partial charge in [-0.05, 0) is 0 Å². The summed E-state index contributed by atoms with van der Waals surface area (Å²) in [6, 6.07) is 0. The SMILES string of the molecule is C[Si](C)(C)[CH]([Al][CH]([Si](C)(C)C)[Si](C)(C)C)[Si](C)(C)C. The van der Waals surface area contributed by atoms with Crippen LogP contribution in [0.4, 0.5) is 0 Å². The third-order valence-corrected chi connectivity index (χ3v) is 37.1. The van der Waals surface area contributed by atoms with Crippen LogP contribution in [0, 0.1) is 0 Å². The van der Waals surface area contributed by atoms with Crippen LogP contribution in [0.25, 0.3) is 0 Å². The van der Waals surface area contributed by atoms with E-state index in [2.05, 4.69) is 78.6 Å². The molecule has 0 spiro atoms. The second-order valence-electron chi connectivity index (χ2n) is 10.6. The molecule has 0 unspecified atom stereocenters. The summed E-state index contributed by atoms with van der Waals surface area (Å²) in [6.45, 7) is 31.6. The Labute approximate surface area is 133 Å². The zero-order valence-electron chi connectivity index (χ0n) is 15.7. The highest BCUT2D eigenvalue weighted by Crippen LogP contribution is 2.40. The maximum Gasteiger partial charge on any atom is 0.195 e. The summed E-state index contributed by atoms with van der Waals surface area (Å²) < 4.78 is 2.34. The van der Waals surface area contributed by atoms with Gasteiger partial charge in [-0.1, -0.05) is 78.6 Å². The van der Waals surface area contributed by atoms with Gasteiger partial charge in [0.05, 0.1) is 0 Å². The molecule has 0 rings (SSSR count). The Balaban J connectivity index is 5.43. The molecule has 0 aromatic rings. The molecule has 113 valence electrons. The number of hydrogen-bond donors (Lipinski definition) is 0. The maximum atomic E-state index is 2.63. The first kappa shape index (κ1) is 20.4. The highest BCUT2D eigenvalue weighted by Gasteiger charge is 2.45. The van der Waals surface area contributed by atoms with Crippen molar-refractivity contribution in [2.24, 2.45) is 0 Å². The van der Waals surface area contributed by atoms with E-state index in [1.54, 1.807) is 0 Å². The van der Waals surface area contributed by atoms with Crippen LogP contribution in [0.2, 0.25) is 86.6 Å². The summed E-state index contributed by atoms with van der Waals surface area (Å²) in [7, 11) is -4.00. The molecule has 1 radical (unpaired) electrons. The zero-order chi connectivity index (χ0) is 15.9. The smallest absolute Gasteiger partial charge is 0.101 e. The largest absolute Gasteiger partial charge is 0.195 e. The van der Waals surface area contributed by atoms with Crippen molar-refractivity contribution in [2.45, 2.75) is 86.6 Å². The Morgan fingerprint density at radius 3 is 0.684 bits per heavy atom. The molecule has 0 aromatic carbocycles. The topological polar surface area (TPSA) is 0 Å². The Kier molecular flexibility index (Phi) is 6.72. The molecular weight excluding hydrogens is 307 g/mol. The van der Waals surface area contributed by atoms with E-state index in [9.17, 15) is 0 Å². The first-order valence-electron chi connectivity index (χ1n) is 7.82. The van der Waals surface area contributed by atoms with Crippen molar-refractivity contribution < 1.29 is 0 Å². The van der Waals surface area contributed by atoms with E-state index in [4.69, 9.17) is 0 Å². The van der Waals surface area contributed by atoms with Crippen molar-refractivity contribution in [3.63, 3.8) is 0 Å². The molecule has 0 N–H and O–H groups in total. The molecule has 0 atom stereocenters. The Bertz CT molecular complexity index is 231. The van der Waals surface area contributed by atoms with Gasteiger partial charge in [0, 0.05) is 32.3 Å². The van der Waals surface area contributed by atoms with E-state index in [1.165, 1.54) is 8.05 Å². The average Bonchev–Trinajstić information content (AvgIpc) is 1.91. The van der Waals surface area contributed by atoms with Gasteiger partial charge in [-0.3, -0.25) is 0 Å². The Hall–Kier alpha value is 1.40. The van der Waals surface area contributed by atoms with Crippen molar-refractivity contribution in [3.05, 3.63) is 0 Å². The first-order chi connectivity index (χ1) is 7.97. The molecule has 0 fully saturated rings. The predicted octanol–water partition coefficient (Wildman–Crippen LogP) is 5.78. The van der Waals surface area contributed by atoms with E-state index >= 15 is 0 Å². The summed E-state index contributed by atoms with van der Waals surface area (Å²) in [5.41, 5.74) is 0. The fraction of sp³-hybridized carbons (Fsp3) is 1.00. The Morgan fingerprint density at radius 2 is 0.579 bits per heavy atom. The molecule has 0 heterocycles. The average molecular weight is 346 g/mol. The molecule has 0 aliphatic rings.